The molecule has 0 bridgehead atoms. The molecular formula is C10H16N2O3. The zero-order valence-corrected chi connectivity index (χ0v) is 8.61. The van der Waals surface area contributed by atoms with E-state index in [-0.39, 0.29) is 18.6 Å². The minimum Gasteiger partial charge on any atom is -0.480 e. The number of carbonyl (C=O) groups is 2. The van der Waals surface area contributed by atoms with Crippen LogP contribution < -0.4 is 5.32 Å². The summed E-state index contributed by atoms with van der Waals surface area (Å²) >= 11 is 0. The molecular weight excluding hydrogens is 196 g/mol. The van der Waals surface area contributed by atoms with Gasteiger partial charge in [-0.3, -0.25) is 4.79 Å². The Morgan fingerprint density at radius 1 is 1.53 bits per heavy atom. The van der Waals surface area contributed by atoms with E-state index in [4.69, 9.17) is 5.11 Å². The highest BCUT2D eigenvalue weighted by Crippen LogP contribution is 2.26. The predicted octanol–water partition coefficient (Wildman–Crippen LogP) is 0.821. The van der Waals surface area contributed by atoms with Crippen molar-refractivity contribution < 1.29 is 14.7 Å². The molecule has 15 heavy (non-hydrogen) atoms. The second-order valence-electron chi connectivity index (χ2n) is 3.56. The summed E-state index contributed by atoms with van der Waals surface area (Å²) in [6.07, 6.45) is 4.21. The topological polar surface area (TPSA) is 69.6 Å². The van der Waals surface area contributed by atoms with E-state index in [1.807, 2.05) is 0 Å². The number of nitrogens with zero attached hydrogens (tertiary/aromatic N) is 1. The van der Waals surface area contributed by atoms with Crippen molar-refractivity contribution in [3.63, 3.8) is 0 Å². The minimum atomic E-state index is -0.972. The number of carbonyl (C=O) groups excluding carboxylic acids is 1. The number of carboxylic acids is 1. The van der Waals surface area contributed by atoms with Crippen LogP contribution >= 0.6 is 0 Å². The van der Waals surface area contributed by atoms with Gasteiger partial charge in [0.2, 0.25) is 0 Å². The molecule has 5 nitrogen and oxygen atoms in total. The molecule has 1 rings (SSSR count). The Balaban J connectivity index is 2.37. The molecule has 2 N–H and O–H groups in total. The summed E-state index contributed by atoms with van der Waals surface area (Å²) in [5, 5.41) is 11.3. The molecule has 0 aliphatic heterocycles. The third-order valence-corrected chi connectivity index (χ3v) is 2.18. The van der Waals surface area contributed by atoms with Gasteiger partial charge in [0.15, 0.2) is 0 Å². The van der Waals surface area contributed by atoms with Crippen molar-refractivity contribution in [1.82, 2.24) is 10.2 Å². The second kappa shape index (κ2) is 5.38. The molecule has 0 radical (unpaired) electrons. The van der Waals surface area contributed by atoms with Crippen LogP contribution in [0.4, 0.5) is 4.79 Å². The summed E-state index contributed by atoms with van der Waals surface area (Å²) in [7, 11) is 0. The molecule has 0 saturated heterocycles. The van der Waals surface area contributed by atoms with Crippen molar-refractivity contribution in [2.75, 3.05) is 13.1 Å². The fourth-order valence-electron chi connectivity index (χ4n) is 1.28. The van der Waals surface area contributed by atoms with E-state index in [2.05, 4.69) is 11.9 Å². The predicted molar refractivity (Wildman–Crippen MR) is 55.6 cm³/mol. The maximum absolute atomic E-state index is 11.6. The van der Waals surface area contributed by atoms with Crippen LogP contribution in [0.3, 0.4) is 0 Å². The Morgan fingerprint density at radius 2 is 2.20 bits per heavy atom. The Bertz CT molecular complexity index is 261. The van der Waals surface area contributed by atoms with Crippen LogP contribution in [0.2, 0.25) is 0 Å². The second-order valence-corrected chi connectivity index (χ2v) is 3.56. The molecule has 2 amide bonds. The highest BCUT2D eigenvalue weighted by Gasteiger charge is 2.33. The largest absolute Gasteiger partial charge is 0.480 e. The van der Waals surface area contributed by atoms with Crippen LogP contribution in [0.15, 0.2) is 12.7 Å². The van der Waals surface area contributed by atoms with Crippen LogP contribution in [-0.2, 0) is 4.79 Å². The maximum atomic E-state index is 11.6. The van der Waals surface area contributed by atoms with Gasteiger partial charge in [-0.25, -0.2) is 4.79 Å². The van der Waals surface area contributed by atoms with Gasteiger partial charge in [-0.15, -0.1) is 6.58 Å². The minimum absolute atomic E-state index is 0.116. The zero-order valence-electron chi connectivity index (χ0n) is 8.61. The summed E-state index contributed by atoms with van der Waals surface area (Å²) in [6.45, 7) is 3.83. The van der Waals surface area contributed by atoms with Crippen molar-refractivity contribution in [3.05, 3.63) is 12.7 Å². The van der Waals surface area contributed by atoms with Gasteiger partial charge < -0.3 is 15.3 Å². The number of aliphatic carboxylic acids is 1. The fraction of sp³-hybridized carbons (Fsp3) is 0.600. The molecule has 1 aliphatic rings. The molecule has 1 aliphatic carbocycles. The Labute approximate surface area is 88.8 Å². The third-order valence-electron chi connectivity index (χ3n) is 2.18. The first-order valence-electron chi connectivity index (χ1n) is 5.02. The van der Waals surface area contributed by atoms with Crippen LogP contribution in [0.25, 0.3) is 0 Å². The third kappa shape index (κ3) is 4.01. The summed E-state index contributed by atoms with van der Waals surface area (Å²) in [6, 6.07) is -0.174. The molecule has 0 aromatic carbocycles. The molecule has 1 fully saturated rings. The smallest absolute Gasteiger partial charge is 0.323 e. The highest BCUT2D eigenvalue weighted by molar-refractivity contribution is 5.80. The summed E-state index contributed by atoms with van der Waals surface area (Å²) in [5.41, 5.74) is 0. The molecule has 0 spiro atoms. The van der Waals surface area contributed by atoms with Crippen molar-refractivity contribution in [2.45, 2.75) is 25.3 Å². The average molecular weight is 212 g/mol. The van der Waals surface area contributed by atoms with Crippen LogP contribution in [0, 0.1) is 0 Å². The van der Waals surface area contributed by atoms with Gasteiger partial charge in [0.25, 0.3) is 0 Å². The number of hydrogen-bond acceptors (Lipinski definition) is 2. The quantitative estimate of drug-likeness (QED) is 0.506. The first-order chi connectivity index (χ1) is 7.15. The van der Waals surface area contributed by atoms with E-state index in [0.29, 0.717) is 13.0 Å². The number of urea groups is 1. The van der Waals surface area contributed by atoms with E-state index in [9.17, 15) is 9.59 Å². The van der Waals surface area contributed by atoms with Crippen molar-refractivity contribution in [1.29, 1.82) is 0 Å². The lowest BCUT2D eigenvalue weighted by molar-refractivity contribution is -0.137. The molecule has 0 heterocycles. The van der Waals surface area contributed by atoms with E-state index in [1.165, 1.54) is 4.90 Å². The first kappa shape index (κ1) is 11.6. The molecule has 5 heteroatoms. The number of carboxylic acid groups (broad SMARTS) is 1. The number of amides is 2. The van der Waals surface area contributed by atoms with Crippen molar-refractivity contribution in [3.8, 4) is 0 Å². The van der Waals surface area contributed by atoms with Gasteiger partial charge in [-0.05, 0) is 19.3 Å². The monoisotopic (exact) mass is 212 g/mol. The van der Waals surface area contributed by atoms with Crippen LogP contribution in [0.5, 0.6) is 0 Å². The normalized spacial score (nSPS) is 14.4. The highest BCUT2D eigenvalue weighted by atomic mass is 16.4. The molecule has 0 unspecified atom stereocenters. The van der Waals surface area contributed by atoms with Gasteiger partial charge in [0, 0.05) is 12.6 Å². The van der Waals surface area contributed by atoms with Gasteiger partial charge >= 0.3 is 12.0 Å². The summed E-state index contributed by atoms with van der Waals surface area (Å²) in [5.74, 6) is -0.972. The van der Waals surface area contributed by atoms with E-state index >= 15 is 0 Å². The van der Waals surface area contributed by atoms with Crippen molar-refractivity contribution in [2.24, 2.45) is 0 Å². The van der Waals surface area contributed by atoms with Crippen LogP contribution in [0.1, 0.15) is 19.3 Å². The standard InChI is InChI=1S/C10H16N2O3/c1-2-3-6-11-10(15)12(7-9(13)14)8-4-5-8/h2,8H,1,3-7H2,(H,11,15)(H,13,14). The Morgan fingerprint density at radius 3 is 2.67 bits per heavy atom. The maximum Gasteiger partial charge on any atom is 0.323 e. The lowest BCUT2D eigenvalue weighted by atomic mass is 10.4. The fourth-order valence-corrected chi connectivity index (χ4v) is 1.28. The molecule has 0 aromatic heterocycles. The molecule has 0 atom stereocenters. The molecule has 0 aromatic rings. The summed E-state index contributed by atoms with van der Waals surface area (Å²) in [4.78, 5) is 23.5. The van der Waals surface area contributed by atoms with Crippen molar-refractivity contribution >= 4 is 12.0 Å². The lowest BCUT2D eigenvalue weighted by Gasteiger charge is -2.20. The zero-order chi connectivity index (χ0) is 11.3. The SMILES string of the molecule is C=CCCNC(=O)N(CC(=O)O)C1CC1. The van der Waals surface area contributed by atoms with Gasteiger partial charge in [0.05, 0.1) is 0 Å². The lowest BCUT2D eigenvalue weighted by Crippen LogP contribution is -2.44. The Kier molecular flexibility index (Phi) is 4.15. The molecule has 84 valence electrons. The van der Waals surface area contributed by atoms with Crippen LogP contribution in [-0.4, -0.2) is 41.1 Å². The average Bonchev–Trinajstić information content (AvgIpc) is 2.97. The number of nitrogens with one attached hydrogen (secondary N) is 1. The number of hydrogen-bond donors (Lipinski definition) is 2. The summed E-state index contributed by atoms with van der Waals surface area (Å²) < 4.78 is 0. The molecule has 1 saturated carbocycles. The first-order valence-corrected chi connectivity index (χ1v) is 5.02. The van der Waals surface area contributed by atoms with E-state index < -0.39 is 5.97 Å². The number of rotatable bonds is 6. The van der Waals surface area contributed by atoms with E-state index in [0.717, 1.165) is 12.8 Å². The Hall–Kier alpha value is -1.52. The van der Waals surface area contributed by atoms with E-state index in [1.54, 1.807) is 6.08 Å². The van der Waals surface area contributed by atoms with Gasteiger partial charge in [-0.1, -0.05) is 6.08 Å². The van der Waals surface area contributed by atoms with Gasteiger partial charge in [-0.2, -0.15) is 0 Å². The van der Waals surface area contributed by atoms with Gasteiger partial charge in [0.1, 0.15) is 6.54 Å².